The summed E-state index contributed by atoms with van der Waals surface area (Å²) in [6, 6.07) is 0. The number of hydrogen-bond acceptors (Lipinski definition) is 4. The zero-order valence-corrected chi connectivity index (χ0v) is 13.2. The molecule has 0 atom stereocenters. The summed E-state index contributed by atoms with van der Waals surface area (Å²) in [5.74, 6) is 2.59. The molecule has 1 saturated carbocycles. The zero-order chi connectivity index (χ0) is 15.1. The van der Waals surface area contributed by atoms with E-state index in [2.05, 4.69) is 32.2 Å². The van der Waals surface area contributed by atoms with Crippen molar-refractivity contribution in [2.24, 2.45) is 18.0 Å². The summed E-state index contributed by atoms with van der Waals surface area (Å²) in [5, 5.41) is 7.37. The Morgan fingerprint density at radius 3 is 3.00 bits per heavy atom. The van der Waals surface area contributed by atoms with Crippen molar-refractivity contribution < 1.29 is 4.74 Å². The summed E-state index contributed by atoms with van der Waals surface area (Å²) in [7, 11) is 3.90. The van der Waals surface area contributed by atoms with Gasteiger partial charge in [-0.25, -0.2) is 4.98 Å². The van der Waals surface area contributed by atoms with Gasteiger partial charge in [-0.2, -0.15) is 5.10 Å². The van der Waals surface area contributed by atoms with Crippen LogP contribution in [0.4, 0.5) is 0 Å². The fourth-order valence-corrected chi connectivity index (χ4v) is 1.97. The number of nitrogens with one attached hydrogen (secondary N) is 1. The van der Waals surface area contributed by atoms with Crippen LogP contribution in [0.15, 0.2) is 11.3 Å². The summed E-state index contributed by atoms with van der Waals surface area (Å²) in [5.41, 5.74) is 0. The molecule has 1 fully saturated rings. The van der Waals surface area contributed by atoms with Gasteiger partial charge in [-0.05, 0) is 25.7 Å². The number of rotatable bonds is 8. The highest BCUT2D eigenvalue weighted by atomic mass is 16.5. The van der Waals surface area contributed by atoms with Crippen LogP contribution in [0.3, 0.4) is 0 Å². The number of aryl methyl sites for hydroxylation is 1. The van der Waals surface area contributed by atoms with Gasteiger partial charge in [0.15, 0.2) is 5.96 Å². The molecule has 0 unspecified atom stereocenters. The van der Waals surface area contributed by atoms with Crippen LogP contribution in [-0.4, -0.2) is 59.0 Å². The summed E-state index contributed by atoms with van der Waals surface area (Å²) < 4.78 is 7.39. The maximum Gasteiger partial charge on any atom is 0.194 e. The van der Waals surface area contributed by atoms with Crippen molar-refractivity contribution in [3.63, 3.8) is 0 Å². The molecule has 1 aliphatic rings. The van der Waals surface area contributed by atoms with Crippen LogP contribution in [0.5, 0.6) is 0 Å². The largest absolute Gasteiger partial charge is 0.379 e. The lowest BCUT2D eigenvalue weighted by Crippen LogP contribution is -2.39. The third kappa shape index (κ3) is 5.34. The number of aliphatic imine (C=N–C) groups is 1. The van der Waals surface area contributed by atoms with Gasteiger partial charge < -0.3 is 15.0 Å². The SMILES string of the molecule is CCNC(=NCCOCC1CC1)N(C)Cc1ncnn1C. The fourth-order valence-electron chi connectivity index (χ4n) is 1.97. The minimum atomic E-state index is 0.672. The molecule has 0 bridgehead atoms. The van der Waals surface area contributed by atoms with Gasteiger partial charge in [0, 0.05) is 27.2 Å². The van der Waals surface area contributed by atoms with Crippen molar-refractivity contribution in [1.29, 1.82) is 0 Å². The quantitative estimate of drug-likeness (QED) is 0.433. The second-order valence-corrected chi connectivity index (χ2v) is 5.41. The molecule has 0 saturated heterocycles. The number of aromatic nitrogens is 3. The summed E-state index contributed by atoms with van der Waals surface area (Å²) in [6.45, 7) is 5.83. The highest BCUT2D eigenvalue weighted by Crippen LogP contribution is 2.28. The lowest BCUT2D eigenvalue weighted by molar-refractivity contribution is 0.131. The molecule has 1 aliphatic carbocycles. The molecule has 0 radical (unpaired) electrons. The third-order valence-corrected chi connectivity index (χ3v) is 3.43. The van der Waals surface area contributed by atoms with Gasteiger partial charge in [-0.3, -0.25) is 9.67 Å². The molecular weight excluding hydrogens is 268 g/mol. The van der Waals surface area contributed by atoms with Gasteiger partial charge in [0.25, 0.3) is 0 Å². The second-order valence-electron chi connectivity index (χ2n) is 5.41. The molecule has 1 aromatic rings. The van der Waals surface area contributed by atoms with Crippen LogP contribution in [0.1, 0.15) is 25.6 Å². The average Bonchev–Trinajstić information content (AvgIpc) is 3.21. The Labute approximate surface area is 126 Å². The Morgan fingerprint density at radius 1 is 1.57 bits per heavy atom. The van der Waals surface area contributed by atoms with E-state index in [0.29, 0.717) is 19.7 Å². The molecule has 118 valence electrons. The molecule has 0 spiro atoms. The predicted molar refractivity (Wildman–Crippen MR) is 82.0 cm³/mol. The van der Waals surface area contributed by atoms with E-state index in [-0.39, 0.29) is 0 Å². The van der Waals surface area contributed by atoms with Crippen molar-refractivity contribution in [2.45, 2.75) is 26.3 Å². The first-order valence-electron chi connectivity index (χ1n) is 7.60. The van der Waals surface area contributed by atoms with Gasteiger partial charge in [0.05, 0.1) is 19.7 Å². The molecule has 2 rings (SSSR count). The number of nitrogens with zero attached hydrogens (tertiary/aromatic N) is 5. The van der Waals surface area contributed by atoms with Crippen LogP contribution < -0.4 is 5.32 Å². The van der Waals surface area contributed by atoms with E-state index in [4.69, 9.17) is 4.74 Å². The average molecular weight is 294 g/mol. The number of hydrogen-bond donors (Lipinski definition) is 1. The fraction of sp³-hybridized carbons (Fsp3) is 0.786. The van der Waals surface area contributed by atoms with Gasteiger partial charge in [0.2, 0.25) is 0 Å². The monoisotopic (exact) mass is 294 g/mol. The Balaban J connectivity index is 1.79. The molecule has 1 N–H and O–H groups in total. The summed E-state index contributed by atoms with van der Waals surface area (Å²) in [6.07, 6.45) is 4.22. The second kappa shape index (κ2) is 7.97. The van der Waals surface area contributed by atoms with E-state index in [1.807, 2.05) is 14.1 Å². The maximum atomic E-state index is 5.61. The first kappa shape index (κ1) is 15.8. The Hall–Kier alpha value is -1.63. The molecule has 7 heteroatoms. The minimum Gasteiger partial charge on any atom is -0.379 e. The smallest absolute Gasteiger partial charge is 0.194 e. The van der Waals surface area contributed by atoms with E-state index in [1.165, 1.54) is 12.8 Å². The van der Waals surface area contributed by atoms with Crippen LogP contribution in [0.25, 0.3) is 0 Å². The molecule has 0 aliphatic heterocycles. The summed E-state index contributed by atoms with van der Waals surface area (Å²) in [4.78, 5) is 10.9. The van der Waals surface area contributed by atoms with Crippen molar-refractivity contribution in [1.82, 2.24) is 25.0 Å². The van der Waals surface area contributed by atoms with Crippen molar-refractivity contribution in [2.75, 3.05) is 33.4 Å². The lowest BCUT2D eigenvalue weighted by Gasteiger charge is -2.21. The van der Waals surface area contributed by atoms with Gasteiger partial charge in [0.1, 0.15) is 12.2 Å². The van der Waals surface area contributed by atoms with E-state index >= 15 is 0 Å². The van der Waals surface area contributed by atoms with E-state index in [9.17, 15) is 0 Å². The van der Waals surface area contributed by atoms with Crippen molar-refractivity contribution in [3.8, 4) is 0 Å². The minimum absolute atomic E-state index is 0.672. The summed E-state index contributed by atoms with van der Waals surface area (Å²) >= 11 is 0. The topological polar surface area (TPSA) is 67.6 Å². The highest BCUT2D eigenvalue weighted by molar-refractivity contribution is 5.79. The standard InChI is InChI=1S/C14H26N6O/c1-4-15-14(16-7-8-21-10-12-5-6-12)19(2)9-13-17-11-18-20(13)3/h11-12H,4-10H2,1-3H3,(H,15,16). The van der Waals surface area contributed by atoms with E-state index in [1.54, 1.807) is 11.0 Å². The van der Waals surface area contributed by atoms with Gasteiger partial charge in [-0.1, -0.05) is 0 Å². The Kier molecular flexibility index (Phi) is 5.98. The maximum absolute atomic E-state index is 5.61. The molecule has 1 heterocycles. The van der Waals surface area contributed by atoms with Crippen LogP contribution in [0, 0.1) is 5.92 Å². The molecule has 0 aromatic carbocycles. The lowest BCUT2D eigenvalue weighted by atomic mass is 10.5. The normalized spacial score (nSPS) is 15.3. The first-order chi connectivity index (χ1) is 10.2. The van der Waals surface area contributed by atoms with Crippen LogP contribution in [0.2, 0.25) is 0 Å². The first-order valence-corrected chi connectivity index (χ1v) is 7.60. The van der Waals surface area contributed by atoms with E-state index < -0.39 is 0 Å². The van der Waals surface area contributed by atoms with Crippen LogP contribution >= 0.6 is 0 Å². The van der Waals surface area contributed by atoms with Gasteiger partial charge in [-0.15, -0.1) is 0 Å². The van der Waals surface area contributed by atoms with Crippen molar-refractivity contribution in [3.05, 3.63) is 12.2 Å². The number of ether oxygens (including phenoxy) is 1. The molecular formula is C14H26N6O. The Morgan fingerprint density at radius 2 is 2.38 bits per heavy atom. The molecule has 21 heavy (non-hydrogen) atoms. The predicted octanol–water partition coefficient (Wildman–Crippen LogP) is 0.639. The van der Waals surface area contributed by atoms with Gasteiger partial charge >= 0.3 is 0 Å². The Bertz CT molecular complexity index is 454. The molecule has 7 nitrogen and oxygen atoms in total. The zero-order valence-electron chi connectivity index (χ0n) is 13.2. The molecule has 1 aromatic heterocycles. The molecule has 0 amide bonds. The highest BCUT2D eigenvalue weighted by Gasteiger charge is 2.20. The van der Waals surface area contributed by atoms with E-state index in [0.717, 1.165) is 30.9 Å². The third-order valence-electron chi connectivity index (χ3n) is 3.43. The van der Waals surface area contributed by atoms with Crippen molar-refractivity contribution >= 4 is 5.96 Å². The number of guanidine groups is 1. The van der Waals surface area contributed by atoms with Crippen LogP contribution in [-0.2, 0) is 18.3 Å².